The van der Waals surface area contributed by atoms with Crippen molar-refractivity contribution in [3.8, 4) is 0 Å². The number of nitrogens with zero attached hydrogens (tertiary/aromatic N) is 2. The zero-order valence-corrected chi connectivity index (χ0v) is 16.1. The molecule has 0 saturated carbocycles. The zero-order valence-electron chi connectivity index (χ0n) is 15.2. The highest BCUT2D eigenvalue weighted by Gasteiger charge is 2.26. The van der Waals surface area contributed by atoms with Crippen molar-refractivity contribution in [2.45, 2.75) is 0 Å². The van der Waals surface area contributed by atoms with E-state index in [0.29, 0.717) is 0 Å². The Bertz CT molecular complexity index is 823. The van der Waals surface area contributed by atoms with Crippen LogP contribution >= 0.6 is 7.92 Å². The molecule has 3 aromatic rings. The van der Waals surface area contributed by atoms with E-state index in [0.717, 1.165) is 37.6 Å². The van der Waals surface area contributed by atoms with Crippen LogP contribution in [0.3, 0.4) is 0 Å². The normalized spacial score (nSPS) is 15.1. The lowest BCUT2D eigenvalue weighted by Crippen LogP contribution is -2.42. The molecule has 3 aromatic carbocycles. The molecule has 1 aliphatic heterocycles. The summed E-state index contributed by atoms with van der Waals surface area (Å²) in [4.78, 5) is 7.56. The summed E-state index contributed by atoms with van der Waals surface area (Å²) < 4.78 is 5.60. The number of para-hydroxylation sites is 1. The molecule has 27 heavy (non-hydrogen) atoms. The molecule has 0 unspecified atom stereocenters. The van der Waals surface area contributed by atoms with Crippen LogP contribution in [0.4, 0.5) is 5.69 Å². The number of ether oxygens (including phenoxy) is 1. The minimum Gasteiger partial charge on any atom is -0.378 e. The van der Waals surface area contributed by atoms with Crippen LogP contribution in [-0.4, -0.2) is 36.8 Å². The third kappa shape index (κ3) is 4.44. The molecule has 1 heterocycles. The lowest BCUT2D eigenvalue weighted by Gasteiger charge is -2.34. The predicted octanol–water partition coefficient (Wildman–Crippen LogP) is 4.14. The second-order valence-electron chi connectivity index (χ2n) is 6.35. The second kappa shape index (κ2) is 8.94. The van der Waals surface area contributed by atoms with Crippen molar-refractivity contribution in [1.82, 2.24) is 4.90 Å². The molecule has 3 nitrogen and oxygen atoms in total. The first-order valence-corrected chi connectivity index (χ1v) is 10.6. The van der Waals surface area contributed by atoms with E-state index < -0.39 is 7.92 Å². The number of benzene rings is 3. The molecule has 1 aliphatic rings. The average molecular weight is 374 g/mol. The van der Waals surface area contributed by atoms with Crippen LogP contribution in [0.25, 0.3) is 0 Å². The first-order chi connectivity index (χ1) is 13.4. The molecule has 0 amide bonds. The van der Waals surface area contributed by atoms with Crippen molar-refractivity contribution in [1.29, 1.82) is 0 Å². The van der Waals surface area contributed by atoms with Gasteiger partial charge in [0, 0.05) is 21.0 Å². The third-order valence-corrected chi connectivity index (χ3v) is 6.92. The SMILES string of the molecule is c1ccc(N=C(N2CCOCC2)P(c2ccccc2)c2ccccc2)cc1. The number of aliphatic imine (C=N–C) groups is 1. The largest absolute Gasteiger partial charge is 0.378 e. The molecule has 0 atom stereocenters. The summed E-state index contributed by atoms with van der Waals surface area (Å²) in [7, 11) is -0.740. The van der Waals surface area contributed by atoms with Crippen LogP contribution in [-0.2, 0) is 4.74 Å². The lowest BCUT2D eigenvalue weighted by atomic mass is 10.3. The van der Waals surface area contributed by atoms with Crippen molar-refractivity contribution in [2.75, 3.05) is 26.3 Å². The smallest absolute Gasteiger partial charge is 0.137 e. The summed E-state index contributed by atoms with van der Waals surface area (Å²) in [5.74, 6) is 0. The average Bonchev–Trinajstić information content (AvgIpc) is 2.76. The van der Waals surface area contributed by atoms with E-state index in [2.05, 4.69) is 77.7 Å². The molecule has 0 N–H and O–H groups in total. The van der Waals surface area contributed by atoms with Crippen LogP contribution in [0.5, 0.6) is 0 Å². The van der Waals surface area contributed by atoms with E-state index in [-0.39, 0.29) is 0 Å². The van der Waals surface area contributed by atoms with E-state index in [4.69, 9.17) is 9.73 Å². The van der Waals surface area contributed by atoms with E-state index in [9.17, 15) is 0 Å². The number of morpholine rings is 1. The molecular weight excluding hydrogens is 351 g/mol. The van der Waals surface area contributed by atoms with E-state index in [1.54, 1.807) is 0 Å². The van der Waals surface area contributed by atoms with Gasteiger partial charge in [-0.15, -0.1) is 0 Å². The quantitative estimate of drug-likeness (QED) is 0.390. The predicted molar refractivity (Wildman–Crippen MR) is 115 cm³/mol. The minimum atomic E-state index is -0.740. The molecule has 0 aliphatic carbocycles. The Balaban J connectivity index is 1.84. The first-order valence-electron chi connectivity index (χ1n) is 9.28. The van der Waals surface area contributed by atoms with E-state index >= 15 is 0 Å². The Labute approximate surface area is 162 Å². The summed E-state index contributed by atoms with van der Waals surface area (Å²) >= 11 is 0. The molecule has 4 heteroatoms. The standard InChI is InChI=1S/C23H23N2OP/c1-4-10-20(11-5-1)24-23(25-16-18-26-19-17-25)27(21-12-6-2-7-13-21)22-14-8-3-9-15-22/h1-15H,16-19H2. The van der Waals surface area contributed by atoms with Gasteiger partial charge in [0.1, 0.15) is 5.58 Å². The van der Waals surface area contributed by atoms with Gasteiger partial charge in [-0.05, 0) is 22.7 Å². The number of hydrogen-bond donors (Lipinski definition) is 0. The summed E-state index contributed by atoms with van der Waals surface area (Å²) in [5, 5.41) is 2.64. The molecule has 0 aromatic heterocycles. The Hall–Kier alpha value is -2.48. The molecule has 1 saturated heterocycles. The molecule has 0 bridgehead atoms. The van der Waals surface area contributed by atoms with E-state index in [1.165, 1.54) is 10.6 Å². The van der Waals surface area contributed by atoms with Gasteiger partial charge < -0.3 is 9.64 Å². The molecule has 4 rings (SSSR count). The fourth-order valence-electron chi connectivity index (χ4n) is 3.18. The maximum Gasteiger partial charge on any atom is 0.137 e. The van der Waals surface area contributed by atoms with Crippen LogP contribution in [0.1, 0.15) is 0 Å². The third-order valence-electron chi connectivity index (χ3n) is 4.51. The highest BCUT2D eigenvalue weighted by atomic mass is 31.1. The van der Waals surface area contributed by atoms with Gasteiger partial charge >= 0.3 is 0 Å². The Morgan fingerprint density at radius 1 is 0.704 bits per heavy atom. The van der Waals surface area contributed by atoms with Gasteiger partial charge in [-0.2, -0.15) is 0 Å². The van der Waals surface area contributed by atoms with Crippen LogP contribution < -0.4 is 10.6 Å². The van der Waals surface area contributed by atoms with Crippen LogP contribution in [0.15, 0.2) is 96.0 Å². The fraction of sp³-hybridized carbons (Fsp3) is 0.174. The lowest BCUT2D eigenvalue weighted by molar-refractivity contribution is 0.0693. The van der Waals surface area contributed by atoms with Gasteiger partial charge in [-0.3, -0.25) is 0 Å². The van der Waals surface area contributed by atoms with Gasteiger partial charge in [0.05, 0.1) is 18.9 Å². The van der Waals surface area contributed by atoms with Crippen LogP contribution in [0, 0.1) is 0 Å². The fourth-order valence-corrected chi connectivity index (χ4v) is 5.58. The topological polar surface area (TPSA) is 24.8 Å². The number of amidine groups is 1. The summed E-state index contributed by atoms with van der Waals surface area (Å²) in [6, 6.07) is 31.8. The Morgan fingerprint density at radius 3 is 1.70 bits per heavy atom. The van der Waals surface area contributed by atoms with Gasteiger partial charge in [0.25, 0.3) is 0 Å². The minimum absolute atomic E-state index is 0.740. The van der Waals surface area contributed by atoms with Gasteiger partial charge in [0.15, 0.2) is 0 Å². The van der Waals surface area contributed by atoms with Crippen LogP contribution in [0.2, 0.25) is 0 Å². The number of hydrogen-bond acceptors (Lipinski definition) is 2. The molecule has 0 spiro atoms. The molecular formula is C23H23N2OP. The monoisotopic (exact) mass is 374 g/mol. The Morgan fingerprint density at radius 2 is 1.19 bits per heavy atom. The maximum absolute atomic E-state index is 5.60. The van der Waals surface area contributed by atoms with Crippen molar-refractivity contribution in [2.24, 2.45) is 4.99 Å². The van der Waals surface area contributed by atoms with Gasteiger partial charge in [-0.1, -0.05) is 78.9 Å². The molecule has 0 radical (unpaired) electrons. The zero-order chi connectivity index (χ0) is 18.3. The van der Waals surface area contributed by atoms with Crippen molar-refractivity contribution in [3.05, 3.63) is 91.0 Å². The highest BCUT2D eigenvalue weighted by Crippen LogP contribution is 2.38. The maximum atomic E-state index is 5.60. The van der Waals surface area contributed by atoms with E-state index in [1.807, 2.05) is 18.2 Å². The first kappa shape index (κ1) is 17.9. The number of rotatable bonds is 4. The second-order valence-corrected chi connectivity index (χ2v) is 8.46. The van der Waals surface area contributed by atoms with Gasteiger partial charge in [-0.25, -0.2) is 4.99 Å². The van der Waals surface area contributed by atoms with Crippen molar-refractivity contribution < 1.29 is 4.74 Å². The van der Waals surface area contributed by atoms with Crippen molar-refractivity contribution >= 4 is 29.8 Å². The Kier molecular flexibility index (Phi) is 5.93. The molecule has 136 valence electrons. The molecule has 1 fully saturated rings. The van der Waals surface area contributed by atoms with Gasteiger partial charge in [0.2, 0.25) is 0 Å². The van der Waals surface area contributed by atoms with Crippen molar-refractivity contribution in [3.63, 3.8) is 0 Å². The summed E-state index contributed by atoms with van der Waals surface area (Å²) in [6.07, 6.45) is 0. The summed E-state index contributed by atoms with van der Waals surface area (Å²) in [6.45, 7) is 3.26. The highest BCUT2D eigenvalue weighted by molar-refractivity contribution is 7.87. The summed E-state index contributed by atoms with van der Waals surface area (Å²) in [5.41, 5.74) is 2.15.